The van der Waals surface area contributed by atoms with Crippen molar-refractivity contribution in [3.63, 3.8) is 0 Å². The third-order valence-corrected chi connectivity index (χ3v) is 7.89. The van der Waals surface area contributed by atoms with Gasteiger partial charge < -0.3 is 25.3 Å². The van der Waals surface area contributed by atoms with E-state index in [4.69, 9.17) is 24.0 Å². The number of halogens is 3. The monoisotopic (exact) mass is 544 g/mol. The number of rotatable bonds is 5. The van der Waals surface area contributed by atoms with E-state index in [1.54, 1.807) is 12.3 Å². The van der Waals surface area contributed by atoms with E-state index in [2.05, 4.69) is 9.97 Å². The highest BCUT2D eigenvalue weighted by atomic mass is 31.2. The first kappa shape index (κ1) is 26.0. The molecule has 0 amide bonds. The molecule has 11 nitrogen and oxygen atoms in total. The topological polar surface area (TPSA) is 151 Å². The number of phosphoric ester groups is 1. The van der Waals surface area contributed by atoms with Crippen LogP contribution in [0.2, 0.25) is 0 Å². The number of benzene rings is 1. The van der Waals surface area contributed by atoms with E-state index in [1.807, 2.05) is 0 Å². The molecule has 6 atom stereocenters. The van der Waals surface area contributed by atoms with Crippen molar-refractivity contribution in [2.75, 3.05) is 18.9 Å². The van der Waals surface area contributed by atoms with Crippen molar-refractivity contribution in [1.29, 1.82) is 0 Å². The summed E-state index contributed by atoms with van der Waals surface area (Å²) in [5, 5.41) is 22.3. The molecule has 0 bridgehead atoms. The number of ether oxygens (including phenoxy) is 1. The molecule has 4 N–H and O–H groups in total. The van der Waals surface area contributed by atoms with E-state index in [9.17, 15) is 27.9 Å². The van der Waals surface area contributed by atoms with Crippen molar-refractivity contribution < 1.29 is 46.3 Å². The van der Waals surface area contributed by atoms with Crippen molar-refractivity contribution in [3.8, 4) is 0 Å². The molecule has 15 heteroatoms. The minimum Gasteiger partial charge on any atom is -0.387 e. The predicted octanol–water partition coefficient (Wildman–Crippen LogP) is 3.34. The van der Waals surface area contributed by atoms with Crippen molar-refractivity contribution in [2.24, 2.45) is 0 Å². The maximum absolute atomic E-state index is 13.1. The zero-order chi connectivity index (χ0) is 26.6. The lowest BCUT2D eigenvalue weighted by molar-refractivity contribution is -0.137. The van der Waals surface area contributed by atoms with Crippen LogP contribution in [0.15, 0.2) is 42.9 Å². The summed E-state index contributed by atoms with van der Waals surface area (Å²) in [6, 6.07) is 6.14. The first-order valence-electron chi connectivity index (χ1n) is 11.3. The first-order chi connectivity index (χ1) is 17.4. The zero-order valence-electron chi connectivity index (χ0n) is 19.4. The first-order valence-corrected chi connectivity index (χ1v) is 12.7. The van der Waals surface area contributed by atoms with Crippen LogP contribution in [0.4, 0.5) is 19.0 Å². The molecule has 3 aromatic rings. The molecular weight excluding hydrogens is 520 g/mol. The molecule has 200 valence electrons. The zero-order valence-corrected chi connectivity index (χ0v) is 20.3. The molecule has 2 aliphatic heterocycles. The highest BCUT2D eigenvalue weighted by Crippen LogP contribution is 2.57. The minimum atomic E-state index is -4.55. The van der Waals surface area contributed by atoms with Crippen LogP contribution in [-0.4, -0.2) is 55.8 Å². The minimum absolute atomic E-state index is 0.0942. The van der Waals surface area contributed by atoms with Gasteiger partial charge in [-0.05, 0) is 30.7 Å². The number of fused-ring (bicyclic) bond motifs is 1. The van der Waals surface area contributed by atoms with Crippen LogP contribution in [0.3, 0.4) is 0 Å². The number of aliphatic hydroxyl groups is 2. The standard InChI is InChI=1S/C22H24F3N4O7P/c1-21(31)17(30)16(35-20(21)29-7-5-14-18(26)27-11-28-19(14)29)10-34-37(32)33-8-6-15(36-37)12-3-2-4-13(9-12)22(23,24)25/h2-5,7,9,11,15-17,20,30-31H,6,8,10H2,1H3,(H2,26,27,28)/t15-,16-,17-,20-,21-,37-/m1/s1. The molecule has 0 unspecified atom stereocenters. The van der Waals surface area contributed by atoms with Gasteiger partial charge in [0.15, 0.2) is 6.23 Å². The number of anilines is 1. The molecule has 2 fully saturated rings. The van der Waals surface area contributed by atoms with Gasteiger partial charge in [0.25, 0.3) is 0 Å². The summed E-state index contributed by atoms with van der Waals surface area (Å²) in [6.07, 6.45) is -6.31. The lowest BCUT2D eigenvalue weighted by Crippen LogP contribution is -2.44. The van der Waals surface area contributed by atoms with E-state index >= 15 is 0 Å². The smallest absolute Gasteiger partial charge is 0.387 e. The highest BCUT2D eigenvalue weighted by molar-refractivity contribution is 7.48. The second-order valence-corrected chi connectivity index (χ2v) is 10.6. The molecule has 0 aliphatic carbocycles. The van der Waals surface area contributed by atoms with Gasteiger partial charge in [-0.15, -0.1) is 0 Å². The van der Waals surface area contributed by atoms with Crippen LogP contribution >= 0.6 is 7.82 Å². The third-order valence-electron chi connectivity index (χ3n) is 6.42. The number of hydrogen-bond donors (Lipinski definition) is 3. The lowest BCUT2D eigenvalue weighted by Gasteiger charge is -2.30. The van der Waals surface area contributed by atoms with Gasteiger partial charge in [0, 0.05) is 12.6 Å². The van der Waals surface area contributed by atoms with Crippen molar-refractivity contribution in [3.05, 3.63) is 54.0 Å². The quantitative estimate of drug-likeness (QED) is 0.408. The molecule has 5 rings (SSSR count). The molecule has 0 spiro atoms. The predicted molar refractivity (Wildman–Crippen MR) is 122 cm³/mol. The Labute approximate surface area is 208 Å². The van der Waals surface area contributed by atoms with Crippen LogP contribution in [0.25, 0.3) is 11.0 Å². The third kappa shape index (κ3) is 4.86. The molecule has 2 aliphatic rings. The summed E-state index contributed by atoms with van der Waals surface area (Å²) >= 11 is 0. The lowest BCUT2D eigenvalue weighted by atomic mass is 9.96. The number of alkyl halides is 3. The fourth-order valence-corrected chi connectivity index (χ4v) is 5.84. The Morgan fingerprint density at radius 2 is 2.11 bits per heavy atom. The summed E-state index contributed by atoms with van der Waals surface area (Å²) < 4.78 is 75.8. The Morgan fingerprint density at radius 1 is 1.32 bits per heavy atom. The normalized spacial score (nSPS) is 32.7. The van der Waals surface area contributed by atoms with E-state index in [0.717, 1.165) is 12.1 Å². The Kier molecular flexibility index (Phi) is 6.55. The fourth-order valence-electron chi connectivity index (χ4n) is 4.44. The number of nitrogens with zero attached hydrogens (tertiary/aromatic N) is 3. The molecule has 0 radical (unpaired) electrons. The molecule has 1 aromatic carbocycles. The summed E-state index contributed by atoms with van der Waals surface area (Å²) in [6.45, 7) is 0.762. The average molecular weight is 544 g/mol. The van der Waals surface area contributed by atoms with E-state index in [0.29, 0.717) is 11.0 Å². The SMILES string of the molecule is C[C@@]1(O)[C@H](O)[C@@H](CO[P@@]2(=O)OCC[C@H](c3cccc(C(F)(F)F)c3)O2)O[C@H]1n1ccc2c(N)ncnc21. The van der Waals surface area contributed by atoms with Gasteiger partial charge in [-0.1, -0.05) is 12.1 Å². The molecular formula is C22H24F3N4O7P. The molecule has 37 heavy (non-hydrogen) atoms. The molecule has 0 saturated carbocycles. The summed E-state index contributed by atoms with van der Waals surface area (Å²) in [7, 11) is -4.24. The van der Waals surface area contributed by atoms with Gasteiger partial charge in [-0.25, -0.2) is 14.5 Å². The fraction of sp³-hybridized carbons (Fsp3) is 0.455. The number of hydrogen-bond acceptors (Lipinski definition) is 10. The number of nitrogen functional groups attached to an aromatic ring is 1. The second kappa shape index (κ2) is 9.31. The van der Waals surface area contributed by atoms with Crippen LogP contribution in [0.5, 0.6) is 0 Å². The van der Waals surface area contributed by atoms with Crippen LogP contribution in [0, 0.1) is 0 Å². The van der Waals surface area contributed by atoms with Gasteiger partial charge in [0.2, 0.25) is 0 Å². The number of phosphoric acid groups is 1. The number of aliphatic hydroxyl groups excluding tert-OH is 1. The molecule has 4 heterocycles. The Hall–Kier alpha value is -2.58. The van der Waals surface area contributed by atoms with Crippen LogP contribution in [0.1, 0.15) is 36.8 Å². The Morgan fingerprint density at radius 3 is 2.86 bits per heavy atom. The van der Waals surface area contributed by atoms with Gasteiger partial charge >= 0.3 is 14.0 Å². The van der Waals surface area contributed by atoms with Crippen molar-refractivity contribution >= 4 is 24.7 Å². The maximum atomic E-state index is 13.1. The summed E-state index contributed by atoms with van der Waals surface area (Å²) in [5.74, 6) is 0.224. The van der Waals surface area contributed by atoms with Gasteiger partial charge in [0.1, 0.15) is 35.6 Å². The Bertz CT molecular complexity index is 1350. The van der Waals surface area contributed by atoms with Gasteiger partial charge in [-0.3, -0.25) is 13.6 Å². The van der Waals surface area contributed by atoms with Gasteiger partial charge in [-0.2, -0.15) is 13.2 Å². The summed E-state index contributed by atoms with van der Waals surface area (Å²) in [5.41, 5.74) is 3.72. The number of aromatic nitrogens is 3. The largest absolute Gasteiger partial charge is 0.475 e. The highest BCUT2D eigenvalue weighted by Gasteiger charge is 2.54. The van der Waals surface area contributed by atoms with E-state index < -0.39 is 56.3 Å². The number of nitrogens with two attached hydrogens (primary N) is 1. The van der Waals surface area contributed by atoms with E-state index in [-0.39, 0.29) is 24.4 Å². The molecule has 2 aromatic heterocycles. The van der Waals surface area contributed by atoms with Crippen molar-refractivity contribution in [2.45, 2.75) is 49.7 Å². The van der Waals surface area contributed by atoms with Crippen LogP contribution in [-0.2, 0) is 29.0 Å². The van der Waals surface area contributed by atoms with Gasteiger partial charge in [0.05, 0.1) is 30.3 Å². The second-order valence-electron chi connectivity index (χ2n) is 9.00. The Balaban J connectivity index is 1.30. The summed E-state index contributed by atoms with van der Waals surface area (Å²) in [4.78, 5) is 8.08. The molecule has 2 saturated heterocycles. The van der Waals surface area contributed by atoms with Crippen molar-refractivity contribution in [1.82, 2.24) is 14.5 Å². The maximum Gasteiger partial charge on any atom is 0.475 e. The average Bonchev–Trinajstić information content (AvgIpc) is 3.37. The van der Waals surface area contributed by atoms with Crippen LogP contribution < -0.4 is 5.73 Å². The van der Waals surface area contributed by atoms with E-state index in [1.165, 1.54) is 30.0 Å².